The first-order valence-corrected chi connectivity index (χ1v) is 12.6. The average Bonchev–Trinajstić information content (AvgIpc) is 3.13. The van der Waals surface area contributed by atoms with Crippen LogP contribution in [0.1, 0.15) is 49.1 Å². The van der Waals surface area contributed by atoms with Gasteiger partial charge in [0.1, 0.15) is 30.3 Å². The summed E-state index contributed by atoms with van der Waals surface area (Å²) in [6, 6.07) is 19.4. The molecule has 1 saturated heterocycles. The first kappa shape index (κ1) is 25.4. The lowest BCUT2D eigenvalue weighted by atomic mass is 9.94. The highest BCUT2D eigenvalue weighted by molar-refractivity contribution is 6.46. The molecule has 0 spiro atoms. The highest BCUT2D eigenvalue weighted by Gasteiger charge is 2.46. The number of rotatable bonds is 5. The van der Waals surface area contributed by atoms with Gasteiger partial charge >= 0.3 is 0 Å². The second kappa shape index (κ2) is 9.89. The van der Waals surface area contributed by atoms with Gasteiger partial charge in [0.05, 0.1) is 11.6 Å². The van der Waals surface area contributed by atoms with E-state index in [9.17, 15) is 14.7 Å². The number of Topliss-reactive ketones (excluding diaryl/α,β-unsaturated/α-hetero) is 1. The van der Waals surface area contributed by atoms with Crippen molar-refractivity contribution in [2.24, 2.45) is 0 Å². The summed E-state index contributed by atoms with van der Waals surface area (Å²) in [5.41, 5.74) is 2.66. The van der Waals surface area contributed by atoms with Crippen LogP contribution in [-0.4, -0.2) is 40.5 Å². The largest absolute Gasteiger partial charge is 0.507 e. The number of aryl methyl sites for hydroxylation is 1. The quantitative estimate of drug-likeness (QED) is 0.273. The number of benzene rings is 3. The molecule has 1 atom stereocenters. The van der Waals surface area contributed by atoms with Crippen LogP contribution in [0.4, 0.5) is 0 Å². The predicted octanol–water partition coefficient (Wildman–Crippen LogP) is 5.57. The molecule has 0 bridgehead atoms. The molecule has 1 unspecified atom stereocenters. The second-order valence-corrected chi connectivity index (χ2v) is 10.6. The number of hydrogen-bond acceptors (Lipinski definition) is 6. The zero-order valence-corrected chi connectivity index (χ0v) is 22.0. The minimum Gasteiger partial charge on any atom is -0.507 e. The molecule has 0 aliphatic carbocycles. The van der Waals surface area contributed by atoms with Crippen molar-refractivity contribution in [3.05, 3.63) is 94.6 Å². The molecule has 1 fully saturated rings. The number of ether oxygens (including phenoxy) is 3. The minimum atomic E-state index is -0.756. The number of hydrogen-bond donors (Lipinski definition) is 1. The number of likely N-dealkylation sites (tertiary alicyclic amines) is 1. The van der Waals surface area contributed by atoms with Gasteiger partial charge < -0.3 is 24.2 Å². The van der Waals surface area contributed by atoms with Crippen molar-refractivity contribution in [3.8, 4) is 17.2 Å². The number of nitrogens with zero attached hydrogens (tertiary/aromatic N) is 1. The third-order valence-electron chi connectivity index (χ3n) is 6.41. The summed E-state index contributed by atoms with van der Waals surface area (Å²) in [5, 5.41) is 11.4. The molecular weight excluding hydrogens is 482 g/mol. The van der Waals surface area contributed by atoms with Gasteiger partial charge in [-0.2, -0.15) is 0 Å². The van der Waals surface area contributed by atoms with Crippen LogP contribution in [0.3, 0.4) is 0 Å². The first-order valence-electron chi connectivity index (χ1n) is 12.6. The maximum atomic E-state index is 13.4. The Hall–Kier alpha value is -4.26. The van der Waals surface area contributed by atoms with E-state index in [4.69, 9.17) is 14.2 Å². The molecule has 196 valence electrons. The molecule has 0 aromatic heterocycles. The van der Waals surface area contributed by atoms with Crippen molar-refractivity contribution < 1.29 is 28.9 Å². The van der Waals surface area contributed by atoms with E-state index in [1.54, 1.807) is 18.2 Å². The Morgan fingerprint density at radius 1 is 0.974 bits per heavy atom. The topological polar surface area (TPSA) is 85.3 Å². The van der Waals surface area contributed by atoms with Gasteiger partial charge in [-0.3, -0.25) is 9.59 Å². The van der Waals surface area contributed by atoms with Gasteiger partial charge in [-0.1, -0.05) is 42.0 Å². The van der Waals surface area contributed by atoms with E-state index in [2.05, 4.69) is 0 Å². The van der Waals surface area contributed by atoms with E-state index in [-0.39, 0.29) is 23.5 Å². The molecule has 0 radical (unpaired) electrons. The summed E-state index contributed by atoms with van der Waals surface area (Å²) < 4.78 is 17.2. The van der Waals surface area contributed by atoms with Crippen LogP contribution in [0.2, 0.25) is 0 Å². The third kappa shape index (κ3) is 5.09. The molecule has 5 rings (SSSR count). The molecule has 3 aromatic rings. The van der Waals surface area contributed by atoms with E-state index < -0.39 is 17.7 Å². The van der Waals surface area contributed by atoms with Crippen molar-refractivity contribution in [1.29, 1.82) is 0 Å². The minimum absolute atomic E-state index is 0.0463. The van der Waals surface area contributed by atoms with Crippen LogP contribution in [0.5, 0.6) is 17.2 Å². The summed E-state index contributed by atoms with van der Waals surface area (Å²) in [4.78, 5) is 28.3. The molecule has 2 aliphatic rings. The van der Waals surface area contributed by atoms with Crippen LogP contribution < -0.4 is 14.2 Å². The standard InChI is InChI=1S/C31H31NO6/c1-19-6-5-7-21(16-19)27-26(28(33)22-10-13-24-25(17-22)37-15-14-36-24)29(34)30(35)32(27)18-20-8-11-23(12-9-20)38-31(2,3)4/h5-13,16-17,27,33H,14-15,18H2,1-4H3/b28-26-. The fourth-order valence-corrected chi connectivity index (χ4v) is 4.79. The Morgan fingerprint density at radius 3 is 2.37 bits per heavy atom. The normalized spacial score (nSPS) is 18.5. The lowest BCUT2D eigenvalue weighted by Crippen LogP contribution is -2.29. The molecule has 1 amide bonds. The van der Waals surface area contributed by atoms with Crippen molar-refractivity contribution in [3.63, 3.8) is 0 Å². The highest BCUT2D eigenvalue weighted by atomic mass is 16.6. The maximum Gasteiger partial charge on any atom is 0.295 e. The van der Waals surface area contributed by atoms with Crippen LogP contribution >= 0.6 is 0 Å². The van der Waals surface area contributed by atoms with Gasteiger partial charge in [-0.05, 0) is 69.2 Å². The lowest BCUT2D eigenvalue weighted by molar-refractivity contribution is -0.140. The van der Waals surface area contributed by atoms with Crippen molar-refractivity contribution in [2.45, 2.75) is 45.9 Å². The zero-order chi connectivity index (χ0) is 27.0. The zero-order valence-electron chi connectivity index (χ0n) is 22.0. The van der Waals surface area contributed by atoms with Crippen LogP contribution in [0, 0.1) is 6.92 Å². The SMILES string of the molecule is Cc1cccc(C2/C(=C(/O)c3ccc4c(c3)OCCO4)C(=O)C(=O)N2Cc2ccc(OC(C)(C)C)cc2)c1. The molecule has 2 heterocycles. The molecule has 7 heteroatoms. The fourth-order valence-electron chi connectivity index (χ4n) is 4.79. The molecule has 7 nitrogen and oxygen atoms in total. The first-order chi connectivity index (χ1) is 18.1. The molecule has 1 N–H and O–H groups in total. The molecule has 3 aromatic carbocycles. The summed E-state index contributed by atoms with van der Waals surface area (Å²) >= 11 is 0. The van der Waals surface area contributed by atoms with E-state index in [1.807, 2.05) is 76.2 Å². The van der Waals surface area contributed by atoms with Gasteiger partial charge in [0, 0.05) is 12.1 Å². The van der Waals surface area contributed by atoms with Gasteiger partial charge in [0.15, 0.2) is 11.5 Å². The summed E-state index contributed by atoms with van der Waals surface area (Å²) in [5.74, 6) is 0.143. The summed E-state index contributed by atoms with van der Waals surface area (Å²) in [6.07, 6.45) is 0. The number of ketones is 1. The molecule has 2 aliphatic heterocycles. The van der Waals surface area contributed by atoms with Crippen LogP contribution in [0.15, 0.2) is 72.3 Å². The van der Waals surface area contributed by atoms with Gasteiger partial charge in [-0.15, -0.1) is 0 Å². The van der Waals surface area contributed by atoms with E-state index in [0.29, 0.717) is 30.3 Å². The Morgan fingerprint density at radius 2 is 1.68 bits per heavy atom. The smallest absolute Gasteiger partial charge is 0.295 e. The Bertz CT molecular complexity index is 1420. The molecular formula is C31H31NO6. The predicted molar refractivity (Wildman–Crippen MR) is 143 cm³/mol. The third-order valence-corrected chi connectivity index (χ3v) is 6.41. The summed E-state index contributed by atoms with van der Waals surface area (Å²) in [6.45, 7) is 8.91. The fraction of sp³-hybridized carbons (Fsp3) is 0.290. The van der Waals surface area contributed by atoms with Crippen LogP contribution in [-0.2, 0) is 16.1 Å². The van der Waals surface area contributed by atoms with Crippen molar-refractivity contribution in [1.82, 2.24) is 4.90 Å². The summed E-state index contributed by atoms with van der Waals surface area (Å²) in [7, 11) is 0. The van der Waals surface area contributed by atoms with E-state index in [0.717, 1.165) is 22.4 Å². The Kier molecular flexibility index (Phi) is 6.61. The second-order valence-electron chi connectivity index (χ2n) is 10.6. The molecule has 38 heavy (non-hydrogen) atoms. The number of fused-ring (bicyclic) bond motifs is 1. The number of aliphatic hydroxyl groups excluding tert-OH is 1. The number of aliphatic hydroxyl groups is 1. The average molecular weight is 514 g/mol. The maximum absolute atomic E-state index is 13.4. The van der Waals surface area contributed by atoms with E-state index in [1.165, 1.54) is 4.90 Å². The van der Waals surface area contributed by atoms with Crippen LogP contribution in [0.25, 0.3) is 5.76 Å². The lowest BCUT2D eigenvalue weighted by Gasteiger charge is -2.26. The Balaban J connectivity index is 1.55. The van der Waals surface area contributed by atoms with E-state index >= 15 is 0 Å². The number of carbonyl (C=O) groups is 2. The Labute approximate surface area is 222 Å². The highest BCUT2D eigenvalue weighted by Crippen LogP contribution is 2.42. The van der Waals surface area contributed by atoms with Gasteiger partial charge in [0.25, 0.3) is 11.7 Å². The van der Waals surface area contributed by atoms with Gasteiger partial charge in [0.2, 0.25) is 0 Å². The van der Waals surface area contributed by atoms with Crippen molar-refractivity contribution >= 4 is 17.4 Å². The monoisotopic (exact) mass is 513 g/mol. The van der Waals surface area contributed by atoms with Crippen molar-refractivity contribution in [2.75, 3.05) is 13.2 Å². The molecule has 0 saturated carbocycles. The number of carbonyl (C=O) groups excluding carboxylic acids is 2. The number of amides is 1. The van der Waals surface area contributed by atoms with Gasteiger partial charge in [-0.25, -0.2) is 0 Å².